The van der Waals surface area contributed by atoms with E-state index < -0.39 is 5.66 Å². The topological polar surface area (TPSA) is 75.5 Å². The maximum absolute atomic E-state index is 5.51. The Morgan fingerprint density at radius 2 is 2.00 bits per heavy atom. The fraction of sp³-hybridized carbons (Fsp3) is 0.400. The van der Waals surface area contributed by atoms with Crippen LogP contribution in [0, 0.1) is 0 Å². The van der Waals surface area contributed by atoms with E-state index in [1.165, 1.54) is 5.56 Å². The van der Waals surface area contributed by atoms with Crippen LogP contribution in [-0.4, -0.2) is 6.54 Å². The Labute approximate surface area is 88.1 Å². The molecule has 0 fully saturated rings. The number of nitrogens with zero attached hydrogens (tertiary/aromatic N) is 4. The molecule has 1 aromatic rings. The summed E-state index contributed by atoms with van der Waals surface area (Å²) < 4.78 is 0. The van der Waals surface area contributed by atoms with Crippen molar-refractivity contribution in [3.63, 3.8) is 0 Å². The van der Waals surface area contributed by atoms with E-state index in [9.17, 15) is 0 Å². The van der Waals surface area contributed by atoms with E-state index in [4.69, 9.17) is 5.73 Å². The van der Waals surface area contributed by atoms with E-state index in [0.717, 1.165) is 12.0 Å². The first kappa shape index (κ1) is 9.92. The minimum Gasteiger partial charge on any atom is -0.330 e. The first-order valence-corrected chi connectivity index (χ1v) is 4.88. The van der Waals surface area contributed by atoms with Crippen LogP contribution in [0.4, 0.5) is 0 Å². The summed E-state index contributed by atoms with van der Waals surface area (Å²) in [5, 5.41) is 15.1. The molecule has 1 heterocycles. The Hall–Kier alpha value is -1.62. The van der Waals surface area contributed by atoms with Crippen LogP contribution < -0.4 is 5.73 Å². The van der Waals surface area contributed by atoms with Crippen LogP contribution in [0.2, 0.25) is 0 Å². The fourth-order valence-electron chi connectivity index (χ4n) is 1.54. The van der Waals surface area contributed by atoms with E-state index in [1.807, 2.05) is 25.1 Å². The lowest BCUT2D eigenvalue weighted by Gasteiger charge is -2.14. The summed E-state index contributed by atoms with van der Waals surface area (Å²) >= 11 is 0. The lowest BCUT2D eigenvalue weighted by molar-refractivity contribution is 0.518. The molecule has 0 atom stereocenters. The van der Waals surface area contributed by atoms with Gasteiger partial charge < -0.3 is 5.73 Å². The minimum atomic E-state index is -0.648. The molecule has 0 bridgehead atoms. The maximum atomic E-state index is 5.51. The average Bonchev–Trinajstić information content (AvgIpc) is 2.68. The van der Waals surface area contributed by atoms with Gasteiger partial charge in [-0.2, -0.15) is 0 Å². The Morgan fingerprint density at radius 1 is 1.27 bits per heavy atom. The number of hydrogen-bond donors (Lipinski definition) is 1. The lowest BCUT2D eigenvalue weighted by atomic mass is 9.99. The van der Waals surface area contributed by atoms with Gasteiger partial charge >= 0.3 is 0 Å². The lowest BCUT2D eigenvalue weighted by Crippen LogP contribution is -2.13. The SMILES string of the molecule is CC1(c2cccc(CCN)c2)N=NN=N1. The maximum Gasteiger partial charge on any atom is 0.217 e. The molecule has 15 heavy (non-hydrogen) atoms. The fourth-order valence-corrected chi connectivity index (χ4v) is 1.54. The second-order valence-corrected chi connectivity index (χ2v) is 3.64. The predicted octanol–water partition coefficient (Wildman–Crippen LogP) is 2.19. The summed E-state index contributed by atoms with van der Waals surface area (Å²) in [6.45, 7) is 2.53. The highest BCUT2D eigenvalue weighted by Crippen LogP contribution is 2.31. The normalized spacial score (nSPS) is 17.2. The second-order valence-electron chi connectivity index (χ2n) is 3.64. The van der Waals surface area contributed by atoms with E-state index in [1.54, 1.807) is 0 Å². The van der Waals surface area contributed by atoms with Gasteiger partial charge in [0.05, 0.1) is 0 Å². The Kier molecular flexibility index (Phi) is 2.55. The van der Waals surface area contributed by atoms with Crippen molar-refractivity contribution in [3.8, 4) is 0 Å². The highest BCUT2D eigenvalue weighted by atomic mass is 15.6. The van der Waals surface area contributed by atoms with Crippen LogP contribution in [0.3, 0.4) is 0 Å². The zero-order valence-electron chi connectivity index (χ0n) is 8.59. The smallest absolute Gasteiger partial charge is 0.217 e. The molecule has 1 aliphatic heterocycles. The van der Waals surface area contributed by atoms with Crippen molar-refractivity contribution < 1.29 is 0 Å². The predicted molar refractivity (Wildman–Crippen MR) is 56.3 cm³/mol. The van der Waals surface area contributed by atoms with Crippen molar-refractivity contribution in [1.29, 1.82) is 0 Å². The van der Waals surface area contributed by atoms with Crippen molar-refractivity contribution in [1.82, 2.24) is 0 Å². The van der Waals surface area contributed by atoms with Gasteiger partial charge in [-0.1, -0.05) is 24.3 Å². The number of nitrogens with two attached hydrogens (primary N) is 1. The molecule has 5 nitrogen and oxygen atoms in total. The van der Waals surface area contributed by atoms with Gasteiger partial charge in [0.25, 0.3) is 0 Å². The standard InChI is InChI=1S/C10H13N5/c1-10(12-14-15-13-10)9-4-2-3-8(7-9)5-6-11/h2-4,7H,5-6,11H2,1H3. The summed E-state index contributed by atoms with van der Waals surface area (Å²) in [6.07, 6.45) is 0.859. The molecule has 2 rings (SSSR count). The van der Waals surface area contributed by atoms with Gasteiger partial charge in [-0.05, 0) is 35.9 Å². The van der Waals surface area contributed by atoms with E-state index in [2.05, 4.69) is 26.7 Å². The number of hydrogen-bond acceptors (Lipinski definition) is 5. The molecule has 5 heteroatoms. The summed E-state index contributed by atoms with van der Waals surface area (Å²) in [5.74, 6) is 0. The summed E-state index contributed by atoms with van der Waals surface area (Å²) in [6, 6.07) is 8.05. The first-order chi connectivity index (χ1) is 7.24. The largest absolute Gasteiger partial charge is 0.330 e. The molecule has 0 radical (unpaired) electrons. The van der Waals surface area contributed by atoms with Gasteiger partial charge in [0.2, 0.25) is 5.66 Å². The molecule has 1 aromatic carbocycles. The second kappa shape index (κ2) is 3.86. The van der Waals surface area contributed by atoms with Crippen LogP contribution >= 0.6 is 0 Å². The van der Waals surface area contributed by atoms with Crippen molar-refractivity contribution in [3.05, 3.63) is 35.4 Å². The molecule has 2 N–H and O–H groups in total. The molecule has 0 saturated carbocycles. The highest BCUT2D eigenvalue weighted by Gasteiger charge is 2.29. The van der Waals surface area contributed by atoms with Gasteiger partial charge in [0.1, 0.15) is 0 Å². The first-order valence-electron chi connectivity index (χ1n) is 4.88. The molecule has 0 spiro atoms. The highest BCUT2D eigenvalue weighted by molar-refractivity contribution is 5.29. The molecular formula is C10H13N5. The molecular weight excluding hydrogens is 190 g/mol. The Balaban J connectivity index is 2.32. The Bertz CT molecular complexity index is 398. The van der Waals surface area contributed by atoms with Crippen LogP contribution in [0.1, 0.15) is 18.1 Å². The zero-order valence-corrected chi connectivity index (χ0v) is 8.59. The van der Waals surface area contributed by atoms with E-state index >= 15 is 0 Å². The average molecular weight is 203 g/mol. The molecule has 0 amide bonds. The third-order valence-electron chi connectivity index (χ3n) is 2.43. The van der Waals surface area contributed by atoms with Crippen LogP contribution in [0.25, 0.3) is 0 Å². The van der Waals surface area contributed by atoms with Crippen LogP contribution in [0.15, 0.2) is 44.9 Å². The third-order valence-corrected chi connectivity index (χ3v) is 2.43. The molecule has 0 aromatic heterocycles. The molecule has 0 aliphatic carbocycles. The van der Waals surface area contributed by atoms with Crippen LogP contribution in [-0.2, 0) is 12.1 Å². The van der Waals surface area contributed by atoms with Crippen molar-refractivity contribution in [2.75, 3.05) is 6.54 Å². The number of rotatable bonds is 3. The van der Waals surface area contributed by atoms with Gasteiger partial charge in [-0.3, -0.25) is 0 Å². The van der Waals surface area contributed by atoms with Crippen LogP contribution in [0.5, 0.6) is 0 Å². The van der Waals surface area contributed by atoms with E-state index in [-0.39, 0.29) is 0 Å². The monoisotopic (exact) mass is 203 g/mol. The summed E-state index contributed by atoms with van der Waals surface area (Å²) in [4.78, 5) is 0. The zero-order chi connectivity index (χ0) is 10.7. The molecule has 78 valence electrons. The molecule has 1 aliphatic rings. The summed E-state index contributed by atoms with van der Waals surface area (Å²) in [7, 11) is 0. The molecule has 0 unspecified atom stereocenters. The van der Waals surface area contributed by atoms with Gasteiger partial charge in [0, 0.05) is 5.56 Å². The number of benzene rings is 1. The van der Waals surface area contributed by atoms with Gasteiger partial charge in [-0.15, -0.1) is 10.2 Å². The summed E-state index contributed by atoms with van der Waals surface area (Å²) in [5.41, 5.74) is 7.05. The van der Waals surface area contributed by atoms with E-state index in [0.29, 0.717) is 6.54 Å². The quantitative estimate of drug-likeness (QED) is 0.803. The third kappa shape index (κ3) is 1.92. The van der Waals surface area contributed by atoms with Crippen molar-refractivity contribution >= 4 is 0 Å². The minimum absolute atomic E-state index is 0.642. The van der Waals surface area contributed by atoms with Gasteiger partial charge in [0.15, 0.2) is 0 Å². The Morgan fingerprint density at radius 3 is 2.67 bits per heavy atom. The van der Waals surface area contributed by atoms with Gasteiger partial charge in [-0.25, -0.2) is 0 Å². The van der Waals surface area contributed by atoms with Crippen molar-refractivity contribution in [2.45, 2.75) is 19.0 Å². The van der Waals surface area contributed by atoms with Crippen molar-refractivity contribution in [2.24, 2.45) is 26.4 Å². The molecule has 0 saturated heterocycles.